The van der Waals surface area contributed by atoms with Crippen LogP contribution in [0.15, 0.2) is 79.4 Å². The van der Waals surface area contributed by atoms with Crippen LogP contribution in [-0.2, 0) is 6.54 Å². The maximum atomic E-state index is 13.5. The van der Waals surface area contributed by atoms with Crippen LogP contribution in [0, 0.1) is 0 Å². The molecule has 0 radical (unpaired) electrons. The second-order valence-corrected chi connectivity index (χ2v) is 8.74. The van der Waals surface area contributed by atoms with E-state index in [1.165, 1.54) is 11.3 Å². The van der Waals surface area contributed by atoms with Crippen molar-refractivity contribution in [3.63, 3.8) is 0 Å². The number of thiazole rings is 1. The molecule has 5 nitrogen and oxygen atoms in total. The van der Waals surface area contributed by atoms with Gasteiger partial charge in [0.1, 0.15) is 5.75 Å². The topological polar surface area (TPSA) is 57.0 Å². The number of fused-ring (bicyclic) bond motifs is 1. The first-order valence-electron chi connectivity index (χ1n) is 9.94. The Morgan fingerprint density at radius 1 is 1.09 bits per heavy atom. The van der Waals surface area contributed by atoms with Crippen LogP contribution in [0.3, 0.4) is 0 Å². The summed E-state index contributed by atoms with van der Waals surface area (Å²) in [6, 6.07) is 17.3. The lowest BCUT2D eigenvalue weighted by Crippen LogP contribution is -2.00. The fourth-order valence-electron chi connectivity index (χ4n) is 3.65. The van der Waals surface area contributed by atoms with Gasteiger partial charge >= 0.3 is 0 Å². The summed E-state index contributed by atoms with van der Waals surface area (Å²) in [7, 11) is 1.62. The number of pyridine rings is 1. The SMILES string of the molecule is COc1ccc2c(c1)c(C(=O)c1ncc(-c3ccncc3)s1)cn2Cc1ccc(Cl)cc1. The Bertz CT molecular complexity index is 1410. The molecule has 3 heterocycles. The number of nitrogens with zero attached hydrogens (tertiary/aromatic N) is 3. The average molecular weight is 460 g/mol. The van der Waals surface area contributed by atoms with E-state index in [2.05, 4.69) is 14.5 Å². The molecule has 0 amide bonds. The Morgan fingerprint density at radius 3 is 2.62 bits per heavy atom. The van der Waals surface area contributed by atoms with Gasteiger partial charge in [-0.25, -0.2) is 4.98 Å². The van der Waals surface area contributed by atoms with E-state index in [0.29, 0.717) is 27.9 Å². The fourth-order valence-corrected chi connectivity index (χ4v) is 4.65. The zero-order valence-corrected chi connectivity index (χ0v) is 18.7. The molecule has 158 valence electrons. The summed E-state index contributed by atoms with van der Waals surface area (Å²) in [5.41, 5.74) is 3.64. The van der Waals surface area contributed by atoms with E-state index in [9.17, 15) is 4.79 Å². The van der Waals surface area contributed by atoms with E-state index in [-0.39, 0.29) is 5.78 Å². The molecule has 0 unspecified atom stereocenters. The number of ether oxygens (including phenoxy) is 1. The molecule has 32 heavy (non-hydrogen) atoms. The van der Waals surface area contributed by atoms with Crippen LogP contribution in [-0.4, -0.2) is 27.4 Å². The first kappa shape index (κ1) is 20.4. The molecule has 7 heteroatoms. The highest BCUT2D eigenvalue weighted by molar-refractivity contribution is 7.17. The maximum Gasteiger partial charge on any atom is 0.223 e. The minimum absolute atomic E-state index is 0.108. The van der Waals surface area contributed by atoms with Crippen molar-refractivity contribution in [2.45, 2.75) is 6.54 Å². The first-order valence-corrected chi connectivity index (χ1v) is 11.1. The van der Waals surface area contributed by atoms with Crippen molar-refractivity contribution in [2.75, 3.05) is 7.11 Å². The summed E-state index contributed by atoms with van der Waals surface area (Å²) in [4.78, 5) is 22.9. The van der Waals surface area contributed by atoms with Crippen LogP contribution in [0.25, 0.3) is 21.3 Å². The molecule has 0 aliphatic rings. The van der Waals surface area contributed by atoms with Crippen LogP contribution in [0.4, 0.5) is 0 Å². The van der Waals surface area contributed by atoms with E-state index in [1.54, 1.807) is 25.7 Å². The molecule has 0 atom stereocenters. The smallest absolute Gasteiger partial charge is 0.223 e. The van der Waals surface area contributed by atoms with E-state index in [4.69, 9.17) is 16.3 Å². The van der Waals surface area contributed by atoms with Crippen molar-refractivity contribution in [1.29, 1.82) is 0 Å². The van der Waals surface area contributed by atoms with Crippen LogP contribution in [0.5, 0.6) is 5.75 Å². The minimum Gasteiger partial charge on any atom is -0.497 e. The quantitative estimate of drug-likeness (QED) is 0.288. The molecule has 5 aromatic rings. The Kier molecular flexibility index (Phi) is 5.47. The van der Waals surface area contributed by atoms with Gasteiger partial charge in [0.05, 0.1) is 17.6 Å². The zero-order chi connectivity index (χ0) is 22.1. The molecule has 0 fully saturated rings. The Balaban J connectivity index is 1.56. The molecule has 0 saturated carbocycles. The molecule has 0 spiro atoms. The van der Waals surface area contributed by atoms with Gasteiger partial charge in [0, 0.05) is 47.3 Å². The predicted molar refractivity (Wildman–Crippen MR) is 128 cm³/mol. The van der Waals surface area contributed by atoms with Crippen molar-refractivity contribution < 1.29 is 9.53 Å². The maximum absolute atomic E-state index is 13.5. The zero-order valence-electron chi connectivity index (χ0n) is 17.2. The summed E-state index contributed by atoms with van der Waals surface area (Å²) in [5, 5.41) is 1.98. The molecular formula is C25H18ClN3O2S. The van der Waals surface area contributed by atoms with Crippen LogP contribution < -0.4 is 4.74 Å². The predicted octanol–water partition coefficient (Wildman–Crippen LogP) is 6.10. The summed E-state index contributed by atoms with van der Waals surface area (Å²) < 4.78 is 7.48. The lowest BCUT2D eigenvalue weighted by molar-refractivity contribution is 0.103. The first-order chi connectivity index (χ1) is 15.6. The lowest BCUT2D eigenvalue weighted by Gasteiger charge is -2.06. The normalized spacial score (nSPS) is 11.1. The third-order valence-electron chi connectivity index (χ3n) is 5.26. The Hall–Kier alpha value is -3.48. The standard InChI is InChI=1S/C25H18ClN3O2S/c1-31-19-6-7-22-20(12-19)21(15-29(22)14-16-2-4-18(26)5-3-16)24(30)25-28-13-23(32-25)17-8-10-27-11-9-17/h2-13,15H,14H2,1H3. The molecular weight excluding hydrogens is 442 g/mol. The monoisotopic (exact) mass is 459 g/mol. The van der Waals surface area contributed by atoms with Crippen LogP contribution in [0.1, 0.15) is 20.9 Å². The number of aromatic nitrogens is 3. The van der Waals surface area contributed by atoms with Gasteiger partial charge < -0.3 is 9.30 Å². The number of carbonyl (C=O) groups is 1. The van der Waals surface area contributed by atoms with Gasteiger partial charge in [0.2, 0.25) is 5.78 Å². The van der Waals surface area contributed by atoms with Crippen molar-refractivity contribution >= 4 is 39.6 Å². The molecule has 0 bridgehead atoms. The third-order valence-corrected chi connectivity index (χ3v) is 6.56. The van der Waals surface area contributed by atoms with Crippen molar-refractivity contribution in [1.82, 2.24) is 14.5 Å². The van der Waals surface area contributed by atoms with E-state index in [1.807, 2.05) is 60.8 Å². The van der Waals surface area contributed by atoms with Gasteiger partial charge in [-0.05, 0) is 53.6 Å². The van der Waals surface area contributed by atoms with Crippen LogP contribution in [0.2, 0.25) is 5.02 Å². The third kappa shape index (κ3) is 3.90. The number of hydrogen-bond donors (Lipinski definition) is 0. The Labute approximate surface area is 193 Å². The number of rotatable bonds is 6. The second-order valence-electron chi connectivity index (χ2n) is 7.27. The van der Waals surface area contributed by atoms with Gasteiger partial charge in [-0.2, -0.15) is 0 Å². The molecule has 0 saturated heterocycles. The highest BCUT2D eigenvalue weighted by atomic mass is 35.5. The second kappa shape index (κ2) is 8.57. The molecule has 0 aliphatic heterocycles. The van der Waals surface area contributed by atoms with Crippen molar-refractivity contribution in [2.24, 2.45) is 0 Å². The number of hydrogen-bond acceptors (Lipinski definition) is 5. The fraction of sp³-hybridized carbons (Fsp3) is 0.0800. The Morgan fingerprint density at radius 2 is 1.88 bits per heavy atom. The largest absolute Gasteiger partial charge is 0.497 e. The average Bonchev–Trinajstić information content (AvgIpc) is 3.46. The van der Waals surface area contributed by atoms with Gasteiger partial charge in [0.25, 0.3) is 0 Å². The summed E-state index contributed by atoms with van der Waals surface area (Å²) in [6.07, 6.45) is 7.09. The number of benzene rings is 2. The van der Waals surface area contributed by atoms with Gasteiger partial charge in [0.15, 0.2) is 5.01 Å². The molecule has 3 aromatic heterocycles. The summed E-state index contributed by atoms with van der Waals surface area (Å²) in [6.45, 7) is 0.618. The molecule has 2 aromatic carbocycles. The minimum atomic E-state index is -0.108. The van der Waals surface area contributed by atoms with Crippen molar-refractivity contribution in [3.05, 3.63) is 101 Å². The number of halogens is 1. The lowest BCUT2D eigenvalue weighted by atomic mass is 10.1. The number of carbonyl (C=O) groups excluding carboxylic acids is 1. The van der Waals surface area contributed by atoms with E-state index < -0.39 is 0 Å². The van der Waals surface area contributed by atoms with Gasteiger partial charge in [-0.1, -0.05) is 23.7 Å². The highest BCUT2D eigenvalue weighted by Crippen LogP contribution is 2.31. The summed E-state index contributed by atoms with van der Waals surface area (Å²) >= 11 is 7.41. The van der Waals surface area contributed by atoms with Crippen LogP contribution >= 0.6 is 22.9 Å². The highest BCUT2D eigenvalue weighted by Gasteiger charge is 2.21. The molecule has 5 rings (SSSR count). The summed E-state index contributed by atoms with van der Waals surface area (Å²) in [5.74, 6) is 0.593. The molecule has 0 aliphatic carbocycles. The number of methoxy groups -OCH3 is 1. The van der Waals surface area contributed by atoms with Crippen molar-refractivity contribution in [3.8, 4) is 16.2 Å². The molecule has 0 N–H and O–H groups in total. The van der Waals surface area contributed by atoms with E-state index >= 15 is 0 Å². The van der Waals surface area contributed by atoms with Gasteiger partial charge in [-0.15, -0.1) is 11.3 Å². The van der Waals surface area contributed by atoms with E-state index in [0.717, 1.165) is 26.9 Å². The number of ketones is 1. The van der Waals surface area contributed by atoms with Gasteiger partial charge in [-0.3, -0.25) is 9.78 Å².